The molecule has 0 saturated heterocycles. The molecule has 1 aromatic carbocycles. The largest absolute Gasteiger partial charge is 0.481 e. The summed E-state index contributed by atoms with van der Waals surface area (Å²) in [5, 5.41) is 14.7. The quantitative estimate of drug-likeness (QED) is 0.630. The molecule has 1 saturated carbocycles. The minimum Gasteiger partial charge on any atom is -0.481 e. The minimum atomic E-state index is -0.817. The summed E-state index contributed by atoms with van der Waals surface area (Å²) in [6.07, 6.45) is 3.60. The molecule has 0 bridgehead atoms. The number of rotatable bonds is 8. The van der Waals surface area contributed by atoms with Crippen LogP contribution in [0.5, 0.6) is 0 Å². The van der Waals surface area contributed by atoms with E-state index < -0.39 is 11.9 Å². The van der Waals surface area contributed by atoms with Crippen LogP contribution in [0.3, 0.4) is 0 Å². The lowest BCUT2D eigenvalue weighted by Crippen LogP contribution is -2.29. The van der Waals surface area contributed by atoms with Crippen LogP contribution in [-0.2, 0) is 16.1 Å². The summed E-state index contributed by atoms with van der Waals surface area (Å²) in [5.41, 5.74) is 1.51. The SMILES string of the molecule is CCCCNC(=O)c1ccc(CNC(=O)[C@@H]2CC[C@H](C(=O)O)C2)cc1. The fourth-order valence-electron chi connectivity index (χ4n) is 3.03. The lowest BCUT2D eigenvalue weighted by atomic mass is 10.0. The molecule has 0 aliphatic heterocycles. The molecule has 0 radical (unpaired) electrons. The maximum Gasteiger partial charge on any atom is 0.306 e. The van der Waals surface area contributed by atoms with Crippen molar-refractivity contribution < 1.29 is 19.5 Å². The first kappa shape index (κ1) is 19.0. The summed E-state index contributed by atoms with van der Waals surface area (Å²) < 4.78 is 0. The van der Waals surface area contributed by atoms with Crippen molar-refractivity contribution in [2.45, 2.75) is 45.6 Å². The molecule has 0 unspecified atom stereocenters. The minimum absolute atomic E-state index is 0.0882. The van der Waals surface area contributed by atoms with E-state index in [-0.39, 0.29) is 17.7 Å². The van der Waals surface area contributed by atoms with Crippen molar-refractivity contribution in [3.8, 4) is 0 Å². The van der Waals surface area contributed by atoms with Crippen molar-refractivity contribution in [1.82, 2.24) is 10.6 Å². The number of hydrogen-bond acceptors (Lipinski definition) is 3. The van der Waals surface area contributed by atoms with Crippen LogP contribution < -0.4 is 10.6 Å². The Balaban J connectivity index is 1.78. The number of amides is 2. The summed E-state index contributed by atoms with van der Waals surface area (Å²) in [7, 11) is 0. The second-order valence-electron chi connectivity index (χ2n) is 6.57. The van der Waals surface area contributed by atoms with Crippen LogP contribution in [0.15, 0.2) is 24.3 Å². The molecule has 1 aliphatic rings. The van der Waals surface area contributed by atoms with Gasteiger partial charge in [-0.05, 0) is 43.4 Å². The van der Waals surface area contributed by atoms with E-state index in [9.17, 15) is 14.4 Å². The second-order valence-corrected chi connectivity index (χ2v) is 6.57. The standard InChI is InChI=1S/C19H26N2O4/c1-2-3-10-20-17(22)14-6-4-13(5-7-14)12-21-18(23)15-8-9-16(11-15)19(24)25/h4-7,15-16H,2-3,8-12H2,1H3,(H,20,22)(H,21,23)(H,24,25)/t15-,16+/m1/s1. The van der Waals surface area contributed by atoms with Gasteiger partial charge in [0.25, 0.3) is 5.91 Å². The Kier molecular flexibility index (Phi) is 6.98. The number of unbranched alkanes of at least 4 members (excludes halogenated alkanes) is 1. The molecule has 1 fully saturated rings. The number of carbonyl (C=O) groups excluding carboxylic acids is 2. The monoisotopic (exact) mass is 346 g/mol. The van der Waals surface area contributed by atoms with Gasteiger partial charge in [0.2, 0.25) is 5.91 Å². The Bertz CT molecular complexity index is 612. The van der Waals surface area contributed by atoms with Gasteiger partial charge in [-0.15, -0.1) is 0 Å². The lowest BCUT2D eigenvalue weighted by Gasteiger charge is -2.11. The number of carbonyl (C=O) groups is 3. The van der Waals surface area contributed by atoms with Gasteiger partial charge in [0.15, 0.2) is 0 Å². The third-order valence-corrected chi connectivity index (χ3v) is 4.65. The van der Waals surface area contributed by atoms with E-state index in [1.807, 2.05) is 12.1 Å². The molecule has 1 aromatic rings. The first-order chi connectivity index (χ1) is 12.0. The summed E-state index contributed by atoms with van der Waals surface area (Å²) in [6.45, 7) is 3.12. The van der Waals surface area contributed by atoms with Gasteiger partial charge in [0.1, 0.15) is 0 Å². The van der Waals surface area contributed by atoms with Crippen molar-refractivity contribution in [2.24, 2.45) is 11.8 Å². The second kappa shape index (κ2) is 9.20. The third-order valence-electron chi connectivity index (χ3n) is 4.65. The maximum absolute atomic E-state index is 12.1. The van der Waals surface area contributed by atoms with Crippen LogP contribution in [0.1, 0.15) is 54.9 Å². The van der Waals surface area contributed by atoms with Crippen LogP contribution in [-0.4, -0.2) is 29.4 Å². The predicted octanol–water partition coefficient (Wildman–Crippen LogP) is 2.33. The third kappa shape index (κ3) is 5.59. The van der Waals surface area contributed by atoms with Crippen LogP contribution >= 0.6 is 0 Å². The van der Waals surface area contributed by atoms with E-state index in [2.05, 4.69) is 17.6 Å². The van der Waals surface area contributed by atoms with Crippen LogP contribution in [0, 0.1) is 11.8 Å². The summed E-state index contributed by atoms with van der Waals surface area (Å²) in [5.74, 6) is -1.62. The number of benzene rings is 1. The highest BCUT2D eigenvalue weighted by Crippen LogP contribution is 2.31. The van der Waals surface area contributed by atoms with Gasteiger partial charge < -0.3 is 15.7 Å². The van der Waals surface area contributed by atoms with E-state index in [0.717, 1.165) is 18.4 Å². The van der Waals surface area contributed by atoms with Crippen molar-refractivity contribution in [3.05, 3.63) is 35.4 Å². The van der Waals surface area contributed by atoms with Crippen molar-refractivity contribution in [3.63, 3.8) is 0 Å². The van der Waals surface area contributed by atoms with Crippen LogP contribution in [0.2, 0.25) is 0 Å². The van der Waals surface area contributed by atoms with Crippen molar-refractivity contribution >= 4 is 17.8 Å². The van der Waals surface area contributed by atoms with E-state index in [1.54, 1.807) is 12.1 Å². The lowest BCUT2D eigenvalue weighted by molar-refractivity contribution is -0.141. The molecule has 136 valence electrons. The normalized spacial score (nSPS) is 19.4. The van der Waals surface area contributed by atoms with Gasteiger partial charge in [0.05, 0.1) is 5.92 Å². The number of carboxylic acid groups (broad SMARTS) is 1. The fraction of sp³-hybridized carbons (Fsp3) is 0.526. The number of aliphatic carboxylic acids is 1. The molecule has 6 nitrogen and oxygen atoms in total. The smallest absolute Gasteiger partial charge is 0.306 e. The zero-order valence-corrected chi connectivity index (χ0v) is 14.6. The molecule has 3 N–H and O–H groups in total. The van der Waals surface area contributed by atoms with Gasteiger partial charge in [-0.25, -0.2) is 0 Å². The average Bonchev–Trinajstić information content (AvgIpc) is 3.11. The molecule has 25 heavy (non-hydrogen) atoms. The van der Waals surface area contributed by atoms with E-state index >= 15 is 0 Å². The highest BCUT2D eigenvalue weighted by Gasteiger charge is 2.33. The van der Waals surface area contributed by atoms with Crippen LogP contribution in [0.25, 0.3) is 0 Å². The van der Waals surface area contributed by atoms with Crippen molar-refractivity contribution in [2.75, 3.05) is 6.54 Å². The molecule has 0 heterocycles. The van der Waals surface area contributed by atoms with Gasteiger partial charge in [0, 0.05) is 24.6 Å². The van der Waals surface area contributed by atoms with Gasteiger partial charge in [-0.2, -0.15) is 0 Å². The molecule has 2 amide bonds. The highest BCUT2D eigenvalue weighted by molar-refractivity contribution is 5.94. The molecule has 6 heteroatoms. The maximum atomic E-state index is 12.1. The van der Waals surface area contributed by atoms with Gasteiger partial charge in [-0.1, -0.05) is 25.5 Å². The molecular formula is C19H26N2O4. The number of hydrogen-bond donors (Lipinski definition) is 3. The van der Waals surface area contributed by atoms with Gasteiger partial charge in [-0.3, -0.25) is 14.4 Å². The number of carboxylic acids is 1. The zero-order valence-electron chi connectivity index (χ0n) is 14.6. The molecule has 2 atom stereocenters. The first-order valence-corrected chi connectivity index (χ1v) is 8.89. The molecule has 1 aliphatic carbocycles. The van der Waals surface area contributed by atoms with E-state index in [0.29, 0.717) is 37.9 Å². The fourth-order valence-corrected chi connectivity index (χ4v) is 3.03. The number of nitrogens with one attached hydrogen (secondary N) is 2. The summed E-state index contributed by atoms with van der Waals surface area (Å²) in [6, 6.07) is 7.14. The Morgan fingerprint density at radius 1 is 1.08 bits per heavy atom. The Hall–Kier alpha value is -2.37. The molecule has 2 rings (SSSR count). The summed E-state index contributed by atoms with van der Waals surface area (Å²) in [4.78, 5) is 35.0. The van der Waals surface area contributed by atoms with Crippen molar-refractivity contribution in [1.29, 1.82) is 0 Å². The van der Waals surface area contributed by atoms with Crippen LogP contribution in [0.4, 0.5) is 0 Å². The average molecular weight is 346 g/mol. The van der Waals surface area contributed by atoms with Gasteiger partial charge >= 0.3 is 5.97 Å². The molecule has 0 spiro atoms. The topological polar surface area (TPSA) is 95.5 Å². The molecular weight excluding hydrogens is 320 g/mol. The summed E-state index contributed by atoms with van der Waals surface area (Å²) >= 11 is 0. The zero-order chi connectivity index (χ0) is 18.2. The van der Waals surface area contributed by atoms with E-state index in [4.69, 9.17) is 5.11 Å². The first-order valence-electron chi connectivity index (χ1n) is 8.89. The van der Waals surface area contributed by atoms with E-state index in [1.165, 1.54) is 0 Å². The Morgan fingerprint density at radius 2 is 1.76 bits per heavy atom. The highest BCUT2D eigenvalue weighted by atomic mass is 16.4. The predicted molar refractivity (Wildman–Crippen MR) is 94.0 cm³/mol. The molecule has 0 aromatic heterocycles. The Morgan fingerprint density at radius 3 is 2.36 bits per heavy atom. The Labute approximate surface area is 148 Å².